The zero-order valence-corrected chi connectivity index (χ0v) is 24.4. The Morgan fingerprint density at radius 3 is 1.55 bits per heavy atom. The number of aliphatic hydroxyl groups is 1. The van der Waals surface area contributed by atoms with Crippen LogP contribution in [0.2, 0.25) is 0 Å². The largest absolute Gasteiger partial charge is 0.480 e. The molecule has 0 saturated heterocycles. The van der Waals surface area contributed by atoms with Crippen molar-refractivity contribution in [3.05, 3.63) is 0 Å². The molecular weight excluding hydrogens is 524 g/mol. The van der Waals surface area contributed by atoms with Crippen molar-refractivity contribution in [2.24, 2.45) is 39.9 Å². The molecule has 0 aromatic rings. The van der Waals surface area contributed by atoms with Crippen LogP contribution in [0, 0.1) is 17.8 Å². The third kappa shape index (κ3) is 12.6. The quantitative estimate of drug-likeness (QED) is 0.0513. The summed E-state index contributed by atoms with van der Waals surface area (Å²) in [7, 11) is 0. The highest BCUT2D eigenvalue weighted by atomic mass is 16.4. The van der Waals surface area contributed by atoms with E-state index in [4.69, 9.17) is 17.2 Å². The number of amides is 4. The number of carbonyl (C=O) groups excluding carboxylic acids is 4. The summed E-state index contributed by atoms with van der Waals surface area (Å²) < 4.78 is 0. The molecule has 0 saturated carbocycles. The molecule has 4 amide bonds. The standard InChI is InChI=1S/C25H48N8O7/c1-11(2)16(26)21(36)31-18(13(5)6)23(38)32-17(12(3)4)22(37)30-15(9-8-10-29-25(27)28)20(35)33-19(14(7)34)24(39)40/h11-19,34H,8-10,26H2,1-7H3,(H,30,37)(H,31,36)(H,32,38)(H,33,35)(H,39,40)(H4,27,28,29)/t14-,15+,16+,17+,18+,19+/m1/s1. The van der Waals surface area contributed by atoms with Crippen LogP contribution in [0.1, 0.15) is 61.3 Å². The van der Waals surface area contributed by atoms with Crippen molar-refractivity contribution in [1.82, 2.24) is 21.3 Å². The molecule has 0 fully saturated rings. The maximum atomic E-state index is 13.3. The van der Waals surface area contributed by atoms with Gasteiger partial charge in [0.05, 0.1) is 12.1 Å². The maximum absolute atomic E-state index is 13.3. The molecule has 0 aliphatic heterocycles. The second-order valence-electron chi connectivity index (χ2n) is 10.8. The third-order valence-corrected chi connectivity index (χ3v) is 6.14. The van der Waals surface area contributed by atoms with Crippen LogP contribution in [0.3, 0.4) is 0 Å². The van der Waals surface area contributed by atoms with E-state index in [0.29, 0.717) is 0 Å². The fourth-order valence-corrected chi connectivity index (χ4v) is 3.54. The SMILES string of the molecule is CC(C)[C@H](N)C(=O)N[C@H](C(=O)N[C@H](C(=O)N[C@@H](CCCN=C(N)N)C(=O)N[C@H](C(=O)O)[C@@H](C)O)C(C)C)C(C)C. The van der Waals surface area contributed by atoms with Crippen LogP contribution in [0.4, 0.5) is 0 Å². The molecule has 15 nitrogen and oxygen atoms in total. The first kappa shape index (κ1) is 36.5. The van der Waals surface area contributed by atoms with E-state index in [0.717, 1.165) is 0 Å². The molecule has 40 heavy (non-hydrogen) atoms. The summed E-state index contributed by atoms with van der Waals surface area (Å²) in [6.07, 6.45) is -1.13. The number of carboxylic acids is 1. The molecule has 0 rings (SSSR count). The number of aliphatic imine (C=N–C) groups is 1. The number of aliphatic hydroxyl groups excluding tert-OH is 1. The van der Waals surface area contributed by atoms with Crippen molar-refractivity contribution in [3.63, 3.8) is 0 Å². The van der Waals surface area contributed by atoms with Crippen molar-refractivity contribution in [2.45, 2.75) is 97.6 Å². The average Bonchev–Trinajstić information content (AvgIpc) is 2.83. The lowest BCUT2D eigenvalue weighted by molar-refractivity contribution is -0.145. The first-order chi connectivity index (χ1) is 18.4. The fourth-order valence-electron chi connectivity index (χ4n) is 3.54. The second-order valence-corrected chi connectivity index (χ2v) is 10.8. The summed E-state index contributed by atoms with van der Waals surface area (Å²) in [5, 5.41) is 29.1. The molecule has 230 valence electrons. The van der Waals surface area contributed by atoms with E-state index in [-0.39, 0.29) is 37.2 Å². The molecule has 0 heterocycles. The van der Waals surface area contributed by atoms with Gasteiger partial charge in [0, 0.05) is 6.54 Å². The second kappa shape index (κ2) is 17.3. The van der Waals surface area contributed by atoms with Crippen molar-refractivity contribution in [2.75, 3.05) is 6.54 Å². The highest BCUT2D eigenvalue weighted by Gasteiger charge is 2.34. The van der Waals surface area contributed by atoms with Gasteiger partial charge in [-0.15, -0.1) is 0 Å². The van der Waals surface area contributed by atoms with Gasteiger partial charge >= 0.3 is 5.97 Å². The van der Waals surface area contributed by atoms with Gasteiger partial charge in [-0.25, -0.2) is 4.79 Å². The minimum Gasteiger partial charge on any atom is -0.480 e. The first-order valence-corrected chi connectivity index (χ1v) is 13.3. The smallest absolute Gasteiger partial charge is 0.328 e. The minimum atomic E-state index is -1.61. The zero-order valence-electron chi connectivity index (χ0n) is 24.4. The number of rotatable bonds is 17. The summed E-state index contributed by atoms with van der Waals surface area (Å²) in [4.78, 5) is 67.2. The van der Waals surface area contributed by atoms with Crippen molar-refractivity contribution < 1.29 is 34.2 Å². The highest BCUT2D eigenvalue weighted by molar-refractivity contribution is 5.95. The molecule has 0 unspecified atom stereocenters. The lowest BCUT2D eigenvalue weighted by Gasteiger charge is -2.29. The summed E-state index contributed by atoms with van der Waals surface area (Å²) in [5.74, 6) is -5.21. The van der Waals surface area contributed by atoms with Crippen LogP contribution in [0.25, 0.3) is 0 Å². The molecule has 0 spiro atoms. The van der Waals surface area contributed by atoms with Crippen LogP contribution in [0.15, 0.2) is 4.99 Å². The Balaban J connectivity index is 5.83. The molecule has 0 bridgehead atoms. The molecule has 15 heteroatoms. The molecule has 12 N–H and O–H groups in total. The van der Waals surface area contributed by atoms with Gasteiger partial charge in [-0.1, -0.05) is 41.5 Å². The Hall–Kier alpha value is -3.46. The monoisotopic (exact) mass is 572 g/mol. The minimum absolute atomic E-state index is 0.0248. The number of guanidine groups is 1. The fraction of sp³-hybridized carbons (Fsp3) is 0.760. The predicted molar refractivity (Wildman–Crippen MR) is 149 cm³/mol. The number of nitrogens with zero attached hydrogens (tertiary/aromatic N) is 1. The van der Waals surface area contributed by atoms with Crippen LogP contribution < -0.4 is 38.5 Å². The van der Waals surface area contributed by atoms with Crippen molar-refractivity contribution in [1.29, 1.82) is 0 Å². The molecular formula is C25H48N8O7. The van der Waals surface area contributed by atoms with Gasteiger partial charge in [0.25, 0.3) is 0 Å². The van der Waals surface area contributed by atoms with Gasteiger partial charge in [0.1, 0.15) is 18.1 Å². The maximum Gasteiger partial charge on any atom is 0.328 e. The van der Waals surface area contributed by atoms with E-state index < -0.39 is 71.8 Å². The van der Waals surface area contributed by atoms with E-state index in [9.17, 15) is 34.2 Å². The van der Waals surface area contributed by atoms with Gasteiger partial charge in [-0.05, 0) is 37.5 Å². The first-order valence-electron chi connectivity index (χ1n) is 13.3. The Kier molecular flexibility index (Phi) is 15.8. The van der Waals surface area contributed by atoms with Crippen LogP contribution >= 0.6 is 0 Å². The summed E-state index contributed by atoms with van der Waals surface area (Å²) in [6, 6.07) is -5.76. The summed E-state index contributed by atoms with van der Waals surface area (Å²) in [5.41, 5.74) is 16.5. The molecule has 0 aromatic carbocycles. The topological polar surface area (TPSA) is 264 Å². The number of carbonyl (C=O) groups is 5. The van der Waals surface area contributed by atoms with E-state index >= 15 is 0 Å². The number of carboxylic acid groups (broad SMARTS) is 1. The Labute approximate surface area is 235 Å². The van der Waals surface area contributed by atoms with Gasteiger partial charge in [-0.3, -0.25) is 24.2 Å². The predicted octanol–water partition coefficient (Wildman–Crippen LogP) is -2.26. The van der Waals surface area contributed by atoms with Crippen LogP contribution in [0.5, 0.6) is 0 Å². The zero-order chi connectivity index (χ0) is 31.3. The van der Waals surface area contributed by atoms with Gasteiger partial charge in [0.2, 0.25) is 23.6 Å². The normalized spacial score (nSPS) is 15.8. The average molecular weight is 573 g/mol. The van der Waals surface area contributed by atoms with Gasteiger partial charge in [-0.2, -0.15) is 0 Å². The third-order valence-electron chi connectivity index (χ3n) is 6.14. The summed E-state index contributed by atoms with van der Waals surface area (Å²) >= 11 is 0. The number of aliphatic carboxylic acids is 1. The van der Waals surface area contributed by atoms with Gasteiger partial charge < -0.3 is 48.7 Å². The Bertz CT molecular complexity index is 904. The molecule has 6 atom stereocenters. The van der Waals surface area contributed by atoms with E-state index in [1.54, 1.807) is 41.5 Å². The molecule has 0 aliphatic carbocycles. The van der Waals surface area contributed by atoms with E-state index in [1.807, 2.05) is 0 Å². The van der Waals surface area contributed by atoms with Gasteiger partial charge in [0.15, 0.2) is 12.0 Å². The van der Waals surface area contributed by atoms with E-state index in [2.05, 4.69) is 26.3 Å². The van der Waals surface area contributed by atoms with Crippen LogP contribution in [-0.2, 0) is 24.0 Å². The lowest BCUT2D eigenvalue weighted by Crippen LogP contribution is -2.61. The van der Waals surface area contributed by atoms with Crippen LogP contribution in [-0.4, -0.2) is 88.6 Å². The van der Waals surface area contributed by atoms with Crippen molar-refractivity contribution >= 4 is 35.6 Å². The number of hydrogen-bond acceptors (Lipinski definition) is 8. The molecule has 0 aliphatic rings. The Morgan fingerprint density at radius 2 is 1.15 bits per heavy atom. The number of nitrogens with one attached hydrogen (secondary N) is 4. The number of nitrogens with two attached hydrogens (primary N) is 3. The van der Waals surface area contributed by atoms with Crippen molar-refractivity contribution in [3.8, 4) is 0 Å². The highest BCUT2D eigenvalue weighted by Crippen LogP contribution is 2.10. The molecule has 0 radical (unpaired) electrons. The number of hydrogen-bond donors (Lipinski definition) is 9. The Morgan fingerprint density at radius 1 is 0.700 bits per heavy atom. The molecule has 0 aromatic heterocycles. The van der Waals surface area contributed by atoms with E-state index in [1.165, 1.54) is 6.92 Å². The summed E-state index contributed by atoms with van der Waals surface area (Å²) in [6.45, 7) is 11.7. The lowest BCUT2D eigenvalue weighted by atomic mass is 9.98.